The highest BCUT2D eigenvalue weighted by Gasteiger charge is 2.02. The van der Waals surface area contributed by atoms with Crippen molar-refractivity contribution in [1.82, 2.24) is 10.2 Å². The molecule has 0 aliphatic heterocycles. The van der Waals surface area contributed by atoms with E-state index in [-0.39, 0.29) is 0 Å². The van der Waals surface area contributed by atoms with Gasteiger partial charge < -0.3 is 14.6 Å². The minimum atomic E-state index is 0.870. The van der Waals surface area contributed by atoms with Gasteiger partial charge >= 0.3 is 0 Å². The van der Waals surface area contributed by atoms with Crippen molar-refractivity contribution in [3.63, 3.8) is 0 Å². The summed E-state index contributed by atoms with van der Waals surface area (Å²) in [5.74, 6) is 0. The fourth-order valence-corrected chi connectivity index (χ4v) is 3.21. The number of rotatable bonds is 7. The third kappa shape index (κ3) is 4.57. The van der Waals surface area contributed by atoms with E-state index in [0.29, 0.717) is 0 Å². The maximum Gasteiger partial charge on any atom is 0.0947 e. The molecule has 0 amide bonds. The van der Waals surface area contributed by atoms with Crippen molar-refractivity contribution in [3.8, 4) is 0 Å². The predicted octanol–water partition coefficient (Wildman–Crippen LogP) is 3.33. The highest BCUT2D eigenvalue weighted by atomic mass is 79.9. The van der Waals surface area contributed by atoms with Gasteiger partial charge in [-0.15, -0.1) is 11.3 Å². The molecule has 0 aromatic carbocycles. The van der Waals surface area contributed by atoms with Crippen LogP contribution < -0.4 is 5.32 Å². The Morgan fingerprint density at radius 3 is 3.06 bits per heavy atom. The number of furan rings is 1. The van der Waals surface area contributed by atoms with Gasteiger partial charge in [0.2, 0.25) is 0 Å². The van der Waals surface area contributed by atoms with E-state index in [9.17, 15) is 0 Å². The zero-order valence-electron chi connectivity index (χ0n) is 10.4. The third-order valence-corrected chi connectivity index (χ3v) is 4.31. The largest absolute Gasteiger partial charge is 0.472 e. The zero-order valence-corrected chi connectivity index (χ0v) is 12.8. The molecular weight excluding hydrogens is 312 g/mol. The molecule has 0 fully saturated rings. The van der Waals surface area contributed by atoms with Crippen LogP contribution in [0, 0.1) is 0 Å². The van der Waals surface area contributed by atoms with Crippen LogP contribution in [-0.2, 0) is 13.1 Å². The molecule has 3 nitrogen and oxygen atoms in total. The average Bonchev–Trinajstić information content (AvgIpc) is 2.96. The molecular formula is C13H17BrN2OS. The van der Waals surface area contributed by atoms with Crippen LogP contribution in [-0.4, -0.2) is 25.0 Å². The first kappa shape index (κ1) is 13.8. The van der Waals surface area contributed by atoms with Gasteiger partial charge in [0.15, 0.2) is 0 Å². The Hall–Kier alpha value is -0.620. The highest BCUT2D eigenvalue weighted by Crippen LogP contribution is 2.20. The number of nitrogens with one attached hydrogen (secondary N) is 1. The Bertz CT molecular complexity index is 455. The van der Waals surface area contributed by atoms with Gasteiger partial charge in [-0.05, 0) is 35.1 Å². The van der Waals surface area contributed by atoms with Crippen molar-refractivity contribution in [2.75, 3.05) is 20.1 Å². The Morgan fingerprint density at radius 2 is 2.39 bits per heavy atom. The number of hydrogen-bond acceptors (Lipinski definition) is 4. The molecule has 98 valence electrons. The van der Waals surface area contributed by atoms with Crippen LogP contribution >= 0.6 is 27.3 Å². The second kappa shape index (κ2) is 7.09. The second-order valence-electron chi connectivity index (χ2n) is 4.28. The molecule has 0 saturated heterocycles. The molecule has 5 heteroatoms. The molecule has 0 unspecified atom stereocenters. The fourth-order valence-electron chi connectivity index (χ4n) is 1.68. The summed E-state index contributed by atoms with van der Waals surface area (Å²) >= 11 is 5.27. The van der Waals surface area contributed by atoms with Crippen LogP contribution in [0.1, 0.15) is 10.4 Å². The predicted molar refractivity (Wildman–Crippen MR) is 78.8 cm³/mol. The Morgan fingerprint density at radius 1 is 1.50 bits per heavy atom. The lowest BCUT2D eigenvalue weighted by Crippen LogP contribution is -2.28. The maximum absolute atomic E-state index is 5.02. The summed E-state index contributed by atoms with van der Waals surface area (Å²) in [6, 6.07) is 4.17. The molecule has 1 N–H and O–H groups in total. The Labute approximate surface area is 120 Å². The lowest BCUT2D eigenvalue weighted by atomic mass is 10.3. The Balaban J connectivity index is 1.61. The van der Waals surface area contributed by atoms with E-state index in [4.69, 9.17) is 4.42 Å². The van der Waals surface area contributed by atoms with Gasteiger partial charge in [0, 0.05) is 46.5 Å². The van der Waals surface area contributed by atoms with Crippen LogP contribution in [0.15, 0.2) is 38.9 Å². The zero-order chi connectivity index (χ0) is 12.8. The minimum Gasteiger partial charge on any atom is -0.472 e. The second-order valence-corrected chi connectivity index (χ2v) is 6.19. The van der Waals surface area contributed by atoms with E-state index >= 15 is 0 Å². The highest BCUT2D eigenvalue weighted by molar-refractivity contribution is 9.10. The molecule has 0 saturated carbocycles. The lowest BCUT2D eigenvalue weighted by Gasteiger charge is -2.15. The van der Waals surface area contributed by atoms with Gasteiger partial charge in [0.05, 0.1) is 12.5 Å². The molecule has 2 heterocycles. The first-order chi connectivity index (χ1) is 8.74. The van der Waals surface area contributed by atoms with Crippen molar-refractivity contribution >= 4 is 27.3 Å². The summed E-state index contributed by atoms with van der Waals surface area (Å²) in [6.07, 6.45) is 3.48. The van der Waals surface area contributed by atoms with Crippen molar-refractivity contribution in [2.24, 2.45) is 0 Å². The molecule has 0 aliphatic rings. The van der Waals surface area contributed by atoms with Gasteiger partial charge in [-0.1, -0.05) is 0 Å². The normalized spacial score (nSPS) is 11.3. The number of halogens is 1. The molecule has 2 aromatic rings. The van der Waals surface area contributed by atoms with Gasteiger partial charge in [-0.2, -0.15) is 0 Å². The van der Waals surface area contributed by atoms with Crippen LogP contribution in [0.4, 0.5) is 0 Å². The third-order valence-electron chi connectivity index (χ3n) is 2.63. The molecule has 2 rings (SSSR count). The van der Waals surface area contributed by atoms with Crippen LogP contribution in [0.2, 0.25) is 0 Å². The Kier molecular flexibility index (Phi) is 5.44. The first-order valence-electron chi connectivity index (χ1n) is 5.87. The van der Waals surface area contributed by atoms with Crippen LogP contribution in [0.3, 0.4) is 0 Å². The summed E-state index contributed by atoms with van der Waals surface area (Å²) in [5, 5.41) is 5.53. The number of thiophene rings is 1. The molecule has 0 atom stereocenters. The average molecular weight is 329 g/mol. The standard InChI is InChI=1S/C13H17BrN2OS/c1-16(8-13-6-12(14)10-18-13)4-3-15-7-11-2-5-17-9-11/h2,5-6,9-10,15H,3-4,7-8H2,1H3. The monoisotopic (exact) mass is 328 g/mol. The van der Waals surface area contributed by atoms with Crippen molar-refractivity contribution in [3.05, 3.63) is 45.0 Å². The number of likely N-dealkylation sites (N-methyl/N-ethyl adjacent to an activating group) is 1. The molecule has 0 radical (unpaired) electrons. The van der Waals surface area contributed by atoms with Gasteiger partial charge in [-0.3, -0.25) is 0 Å². The smallest absolute Gasteiger partial charge is 0.0947 e. The van der Waals surface area contributed by atoms with E-state index in [0.717, 1.165) is 26.2 Å². The van der Waals surface area contributed by atoms with E-state index in [1.54, 1.807) is 23.9 Å². The first-order valence-corrected chi connectivity index (χ1v) is 7.54. The van der Waals surface area contributed by atoms with Gasteiger partial charge in [0.25, 0.3) is 0 Å². The number of hydrogen-bond donors (Lipinski definition) is 1. The van der Waals surface area contributed by atoms with Crippen molar-refractivity contribution < 1.29 is 4.42 Å². The van der Waals surface area contributed by atoms with Crippen molar-refractivity contribution in [1.29, 1.82) is 0 Å². The molecule has 0 spiro atoms. The number of nitrogens with zero attached hydrogens (tertiary/aromatic N) is 1. The van der Waals surface area contributed by atoms with E-state index in [2.05, 4.69) is 44.6 Å². The van der Waals surface area contributed by atoms with Gasteiger partial charge in [-0.25, -0.2) is 0 Å². The van der Waals surface area contributed by atoms with E-state index in [1.807, 2.05) is 6.07 Å². The van der Waals surface area contributed by atoms with Crippen LogP contribution in [0.5, 0.6) is 0 Å². The van der Waals surface area contributed by atoms with E-state index in [1.165, 1.54) is 14.9 Å². The topological polar surface area (TPSA) is 28.4 Å². The van der Waals surface area contributed by atoms with E-state index < -0.39 is 0 Å². The molecule has 2 aromatic heterocycles. The molecule has 0 aliphatic carbocycles. The summed E-state index contributed by atoms with van der Waals surface area (Å²) < 4.78 is 6.20. The fraction of sp³-hybridized carbons (Fsp3) is 0.385. The van der Waals surface area contributed by atoms with Crippen molar-refractivity contribution in [2.45, 2.75) is 13.1 Å². The molecule has 18 heavy (non-hydrogen) atoms. The summed E-state index contributed by atoms with van der Waals surface area (Å²) in [7, 11) is 2.15. The van der Waals surface area contributed by atoms with Crippen LogP contribution in [0.25, 0.3) is 0 Å². The SMILES string of the molecule is CN(CCNCc1ccoc1)Cc1cc(Br)cs1. The quantitative estimate of drug-likeness (QED) is 0.790. The minimum absolute atomic E-state index is 0.870. The summed E-state index contributed by atoms with van der Waals surface area (Å²) in [5.41, 5.74) is 1.19. The van der Waals surface area contributed by atoms with Gasteiger partial charge in [0.1, 0.15) is 0 Å². The maximum atomic E-state index is 5.02. The summed E-state index contributed by atoms with van der Waals surface area (Å²) in [4.78, 5) is 3.71. The lowest BCUT2D eigenvalue weighted by molar-refractivity contribution is 0.327. The summed E-state index contributed by atoms with van der Waals surface area (Å²) in [6.45, 7) is 3.89. The molecule has 0 bridgehead atoms.